The van der Waals surface area contributed by atoms with E-state index in [0.29, 0.717) is 12.0 Å². The van der Waals surface area contributed by atoms with Crippen molar-refractivity contribution in [3.63, 3.8) is 0 Å². The number of esters is 1. The van der Waals surface area contributed by atoms with Gasteiger partial charge in [0.05, 0.1) is 19.8 Å². The Morgan fingerprint density at radius 3 is 1.62 bits per heavy atom. The molecule has 7 heteroatoms. The summed E-state index contributed by atoms with van der Waals surface area (Å²) in [6, 6.07) is 0. The SMILES string of the molecule is COC(=O)C(C)=CC=CC(C)=CC=CC(C)=CC=CC=C(C)C=CC=C(C)C=CCC(C)(C)CC1OC(CO)C(O)C(O)C1O. The summed E-state index contributed by atoms with van der Waals surface area (Å²) in [7, 11) is 1.37. The quantitative estimate of drug-likeness (QED) is 0.0960. The molecule has 248 valence electrons. The molecule has 45 heavy (non-hydrogen) atoms. The molecule has 0 spiro atoms. The van der Waals surface area contributed by atoms with Gasteiger partial charge in [0.25, 0.3) is 0 Å². The fourth-order valence-electron chi connectivity index (χ4n) is 4.45. The molecule has 0 aromatic rings. The van der Waals surface area contributed by atoms with Gasteiger partial charge in [-0.3, -0.25) is 0 Å². The molecule has 1 heterocycles. The molecular weight excluding hydrogens is 568 g/mol. The minimum absolute atomic E-state index is 0.230. The maximum Gasteiger partial charge on any atom is 0.333 e. The topological polar surface area (TPSA) is 116 Å². The lowest BCUT2D eigenvalue weighted by atomic mass is 9.79. The second-order valence-electron chi connectivity index (χ2n) is 12.3. The van der Waals surface area contributed by atoms with E-state index < -0.39 is 37.1 Å². The van der Waals surface area contributed by atoms with Crippen molar-refractivity contribution in [2.24, 2.45) is 5.41 Å². The molecule has 7 nitrogen and oxygen atoms in total. The van der Waals surface area contributed by atoms with Gasteiger partial charge in [0, 0.05) is 5.57 Å². The van der Waals surface area contributed by atoms with Crippen LogP contribution in [0, 0.1) is 5.41 Å². The largest absolute Gasteiger partial charge is 0.466 e. The first-order valence-corrected chi connectivity index (χ1v) is 15.3. The smallest absolute Gasteiger partial charge is 0.333 e. The Bertz CT molecular complexity index is 1250. The van der Waals surface area contributed by atoms with E-state index >= 15 is 0 Å². The highest BCUT2D eigenvalue weighted by Gasteiger charge is 2.44. The zero-order valence-corrected chi connectivity index (χ0v) is 28.2. The minimum atomic E-state index is -1.35. The number of hydrogen-bond acceptors (Lipinski definition) is 7. The lowest BCUT2D eigenvalue weighted by molar-refractivity contribution is -0.234. The Kier molecular flexibility index (Phi) is 18.2. The van der Waals surface area contributed by atoms with Crippen LogP contribution < -0.4 is 0 Å². The van der Waals surface area contributed by atoms with Gasteiger partial charge in [0.1, 0.15) is 24.4 Å². The van der Waals surface area contributed by atoms with E-state index in [9.17, 15) is 25.2 Å². The molecule has 0 amide bonds. The maximum absolute atomic E-state index is 11.4. The van der Waals surface area contributed by atoms with Crippen molar-refractivity contribution in [1.29, 1.82) is 0 Å². The number of aliphatic hydroxyl groups excluding tert-OH is 4. The Labute approximate surface area is 270 Å². The van der Waals surface area contributed by atoms with Crippen LogP contribution in [0.5, 0.6) is 0 Å². The summed E-state index contributed by atoms with van der Waals surface area (Å²) < 4.78 is 10.4. The molecule has 0 bridgehead atoms. The number of aliphatic hydroxyl groups is 4. The first-order valence-electron chi connectivity index (χ1n) is 15.3. The van der Waals surface area contributed by atoms with Crippen LogP contribution in [-0.4, -0.2) is 70.6 Å². The van der Waals surface area contributed by atoms with Crippen LogP contribution in [0.25, 0.3) is 0 Å². The van der Waals surface area contributed by atoms with E-state index in [2.05, 4.69) is 30.7 Å². The van der Waals surface area contributed by atoms with Crippen molar-refractivity contribution < 1.29 is 34.7 Å². The standard InChI is InChI=1S/C38H54O7/c1-27(17-11-19-29(3)21-13-23-31(5)37(43)44-8)15-9-10-16-28(2)18-12-20-30(4)22-14-24-38(6,7)25-32-34(40)36(42)35(41)33(26-39)45-32/h9-23,32-36,39-42H,24-26H2,1-8H3. The van der Waals surface area contributed by atoms with Gasteiger partial charge >= 0.3 is 5.97 Å². The summed E-state index contributed by atoms with van der Waals surface area (Å²) in [5.41, 5.74) is 4.70. The van der Waals surface area contributed by atoms with Crippen LogP contribution in [0.2, 0.25) is 0 Å². The van der Waals surface area contributed by atoms with Crippen LogP contribution in [0.3, 0.4) is 0 Å². The number of carbonyl (C=O) groups is 1. The van der Waals surface area contributed by atoms with Gasteiger partial charge in [-0.1, -0.05) is 127 Å². The van der Waals surface area contributed by atoms with Crippen molar-refractivity contribution in [3.05, 3.63) is 119 Å². The summed E-state index contributed by atoms with van der Waals surface area (Å²) in [5.74, 6) is -0.334. The highest BCUT2D eigenvalue weighted by atomic mass is 16.5. The second-order valence-corrected chi connectivity index (χ2v) is 12.3. The molecule has 5 unspecified atom stereocenters. The summed E-state index contributed by atoms with van der Waals surface area (Å²) in [4.78, 5) is 11.4. The van der Waals surface area contributed by atoms with E-state index in [4.69, 9.17) is 4.74 Å². The van der Waals surface area contributed by atoms with E-state index in [0.717, 1.165) is 28.7 Å². The molecule has 4 N–H and O–H groups in total. The first kappa shape index (κ1) is 39.7. The average Bonchev–Trinajstić information content (AvgIpc) is 2.98. The predicted octanol–water partition coefficient (Wildman–Crippen LogP) is 6.32. The molecule has 1 aliphatic rings. The maximum atomic E-state index is 11.4. The summed E-state index contributed by atoms with van der Waals surface area (Å²) >= 11 is 0. The van der Waals surface area contributed by atoms with Crippen molar-refractivity contribution >= 4 is 5.97 Å². The van der Waals surface area contributed by atoms with Gasteiger partial charge in [-0.05, 0) is 52.9 Å². The molecule has 1 rings (SSSR count). The van der Waals surface area contributed by atoms with Crippen molar-refractivity contribution in [3.8, 4) is 0 Å². The number of methoxy groups -OCH3 is 1. The summed E-state index contributed by atoms with van der Waals surface area (Å²) in [6.45, 7) is 13.5. The molecule has 0 saturated carbocycles. The van der Waals surface area contributed by atoms with Crippen LogP contribution in [0.1, 0.15) is 61.3 Å². The Balaban J connectivity index is 2.59. The molecular formula is C38H54O7. The molecule has 0 aliphatic carbocycles. The van der Waals surface area contributed by atoms with Gasteiger partial charge in [-0.2, -0.15) is 0 Å². The zero-order valence-electron chi connectivity index (χ0n) is 28.2. The van der Waals surface area contributed by atoms with Gasteiger partial charge in [0.2, 0.25) is 0 Å². The fourth-order valence-corrected chi connectivity index (χ4v) is 4.45. The molecule has 0 aromatic heterocycles. The van der Waals surface area contributed by atoms with Crippen molar-refractivity contribution in [2.75, 3.05) is 13.7 Å². The molecule has 1 fully saturated rings. The highest BCUT2D eigenvalue weighted by Crippen LogP contribution is 2.33. The first-order chi connectivity index (χ1) is 21.2. The van der Waals surface area contributed by atoms with Gasteiger partial charge in [-0.25, -0.2) is 4.79 Å². The summed E-state index contributed by atoms with van der Waals surface area (Å²) in [5, 5.41) is 39.8. The van der Waals surface area contributed by atoms with E-state index in [1.807, 2.05) is 101 Å². The number of carbonyl (C=O) groups excluding carboxylic acids is 1. The number of allylic oxidation sites excluding steroid dienone is 19. The second kappa shape index (κ2) is 20.7. The van der Waals surface area contributed by atoms with Gasteiger partial charge < -0.3 is 29.9 Å². The molecule has 5 atom stereocenters. The monoisotopic (exact) mass is 622 g/mol. The molecule has 0 aromatic carbocycles. The molecule has 1 saturated heterocycles. The predicted molar refractivity (Wildman–Crippen MR) is 183 cm³/mol. The molecule has 1 aliphatic heterocycles. The third-order valence-corrected chi connectivity index (χ3v) is 7.27. The van der Waals surface area contributed by atoms with Crippen molar-refractivity contribution in [2.45, 2.75) is 91.8 Å². The average molecular weight is 623 g/mol. The summed E-state index contributed by atoms with van der Waals surface area (Å²) in [6.07, 6.45) is 25.6. The highest BCUT2D eigenvalue weighted by molar-refractivity contribution is 5.87. The minimum Gasteiger partial charge on any atom is -0.466 e. The van der Waals surface area contributed by atoms with Crippen molar-refractivity contribution in [1.82, 2.24) is 0 Å². The lowest BCUT2D eigenvalue weighted by Crippen LogP contribution is -2.59. The third-order valence-electron chi connectivity index (χ3n) is 7.27. The Morgan fingerprint density at radius 2 is 1.13 bits per heavy atom. The van der Waals surface area contributed by atoms with Gasteiger partial charge in [0.15, 0.2) is 0 Å². The van der Waals surface area contributed by atoms with Crippen LogP contribution >= 0.6 is 0 Å². The van der Waals surface area contributed by atoms with E-state index in [1.165, 1.54) is 7.11 Å². The normalized spacial score (nSPS) is 25.2. The number of hydrogen-bond donors (Lipinski definition) is 4. The number of rotatable bonds is 15. The lowest BCUT2D eigenvalue weighted by Gasteiger charge is -2.42. The Hall–Kier alpha value is -3.33. The zero-order chi connectivity index (χ0) is 34.0. The van der Waals surface area contributed by atoms with Crippen LogP contribution in [0.4, 0.5) is 0 Å². The fraction of sp³-hybridized carbons (Fsp3) is 0.447. The Morgan fingerprint density at radius 1 is 0.689 bits per heavy atom. The van der Waals surface area contributed by atoms with Crippen LogP contribution in [0.15, 0.2) is 119 Å². The molecule has 0 radical (unpaired) electrons. The third kappa shape index (κ3) is 16.0. The van der Waals surface area contributed by atoms with Gasteiger partial charge in [-0.15, -0.1) is 0 Å². The van der Waals surface area contributed by atoms with E-state index in [-0.39, 0.29) is 11.4 Å². The number of ether oxygens (including phenoxy) is 2. The van der Waals surface area contributed by atoms with E-state index in [1.54, 1.807) is 13.0 Å². The van der Waals surface area contributed by atoms with Crippen LogP contribution in [-0.2, 0) is 14.3 Å².